The maximum Gasteiger partial charge on any atom is 0.136 e. The SMILES string of the molecule is CC12CC[C@@H]3C(CCC4=CC(=NOCCn5cc(CN)nn5)CCC43C)C1CCC2O. The average Bonchev–Trinajstić information content (AvgIpc) is 3.35. The van der Waals surface area contributed by atoms with E-state index in [0.717, 1.165) is 42.5 Å². The van der Waals surface area contributed by atoms with Gasteiger partial charge in [-0.05, 0) is 86.0 Å². The molecule has 7 nitrogen and oxygen atoms in total. The number of nitrogens with zero attached hydrogens (tertiary/aromatic N) is 4. The summed E-state index contributed by atoms with van der Waals surface area (Å²) >= 11 is 0. The van der Waals surface area contributed by atoms with Gasteiger partial charge in [-0.1, -0.05) is 29.8 Å². The van der Waals surface area contributed by atoms with Crippen molar-refractivity contribution < 1.29 is 9.94 Å². The number of aliphatic hydroxyl groups is 1. The Balaban J connectivity index is 1.24. The second-order valence-corrected chi connectivity index (χ2v) is 10.7. The molecule has 7 heteroatoms. The Bertz CT molecular complexity index is 879. The second kappa shape index (κ2) is 8.00. The van der Waals surface area contributed by atoms with E-state index in [-0.39, 0.29) is 16.9 Å². The lowest BCUT2D eigenvalue weighted by Gasteiger charge is -2.57. The number of oxime groups is 1. The Morgan fingerprint density at radius 3 is 2.87 bits per heavy atom. The molecule has 0 radical (unpaired) electrons. The van der Waals surface area contributed by atoms with Gasteiger partial charge >= 0.3 is 0 Å². The molecule has 0 spiro atoms. The fourth-order valence-electron chi connectivity index (χ4n) is 7.42. The van der Waals surface area contributed by atoms with Gasteiger partial charge in [0.1, 0.15) is 6.61 Å². The molecule has 0 amide bonds. The number of aromatic nitrogens is 3. The lowest BCUT2D eigenvalue weighted by Crippen LogP contribution is -2.51. The summed E-state index contributed by atoms with van der Waals surface area (Å²) in [6, 6.07) is 0. The Morgan fingerprint density at radius 2 is 2.06 bits per heavy atom. The van der Waals surface area contributed by atoms with E-state index in [2.05, 4.69) is 35.4 Å². The lowest BCUT2D eigenvalue weighted by atomic mass is 9.47. The highest BCUT2D eigenvalue weighted by Gasteiger charge is 2.58. The van der Waals surface area contributed by atoms with Gasteiger partial charge in [0.05, 0.1) is 24.1 Å². The predicted molar refractivity (Wildman–Crippen MR) is 119 cm³/mol. The molecule has 0 saturated heterocycles. The van der Waals surface area contributed by atoms with Crippen molar-refractivity contribution in [2.24, 2.45) is 39.5 Å². The maximum atomic E-state index is 10.6. The van der Waals surface area contributed by atoms with Crippen molar-refractivity contribution in [2.45, 2.75) is 84.4 Å². The molecule has 0 bridgehead atoms. The Morgan fingerprint density at radius 1 is 1.19 bits per heavy atom. The summed E-state index contributed by atoms with van der Waals surface area (Å²) in [5.41, 5.74) is 9.45. The highest BCUT2D eigenvalue weighted by Crippen LogP contribution is 2.65. The summed E-state index contributed by atoms with van der Waals surface area (Å²) in [6.45, 7) is 6.36. The molecule has 1 aromatic heterocycles. The molecule has 3 saturated carbocycles. The molecule has 4 aliphatic carbocycles. The second-order valence-electron chi connectivity index (χ2n) is 10.7. The zero-order valence-corrected chi connectivity index (χ0v) is 19.0. The molecule has 170 valence electrons. The van der Waals surface area contributed by atoms with Crippen LogP contribution in [0.5, 0.6) is 0 Å². The van der Waals surface area contributed by atoms with Crippen molar-refractivity contribution in [3.63, 3.8) is 0 Å². The summed E-state index contributed by atoms with van der Waals surface area (Å²) < 4.78 is 1.75. The zero-order chi connectivity index (χ0) is 21.6. The molecule has 1 aromatic rings. The molecule has 4 aliphatic rings. The van der Waals surface area contributed by atoms with Gasteiger partial charge in [-0.3, -0.25) is 0 Å². The van der Waals surface area contributed by atoms with E-state index in [9.17, 15) is 5.11 Å². The van der Waals surface area contributed by atoms with E-state index in [0.29, 0.717) is 25.6 Å². The number of aliphatic hydroxyl groups excluding tert-OH is 1. The van der Waals surface area contributed by atoms with E-state index < -0.39 is 0 Å². The molecule has 5 unspecified atom stereocenters. The first-order chi connectivity index (χ1) is 14.9. The molecule has 31 heavy (non-hydrogen) atoms. The number of rotatable bonds is 5. The van der Waals surface area contributed by atoms with Crippen LogP contribution < -0.4 is 5.73 Å². The number of allylic oxidation sites excluding steroid dienone is 2. The first-order valence-electron chi connectivity index (χ1n) is 12.1. The van der Waals surface area contributed by atoms with Crippen LogP contribution in [0.15, 0.2) is 23.0 Å². The quantitative estimate of drug-likeness (QED) is 0.554. The van der Waals surface area contributed by atoms with E-state index in [1.807, 2.05) is 6.20 Å². The Kier molecular flexibility index (Phi) is 5.45. The van der Waals surface area contributed by atoms with E-state index in [4.69, 9.17) is 10.6 Å². The molecule has 0 aliphatic heterocycles. The minimum absolute atomic E-state index is 0.0927. The third kappa shape index (κ3) is 3.54. The van der Waals surface area contributed by atoms with Crippen molar-refractivity contribution in [3.05, 3.63) is 23.5 Å². The fourth-order valence-corrected chi connectivity index (χ4v) is 7.42. The highest BCUT2D eigenvalue weighted by molar-refractivity contribution is 5.96. The number of nitrogens with two attached hydrogens (primary N) is 1. The minimum Gasteiger partial charge on any atom is -0.394 e. The molecule has 3 N–H and O–H groups in total. The van der Waals surface area contributed by atoms with E-state index in [1.54, 1.807) is 10.3 Å². The van der Waals surface area contributed by atoms with Crippen LogP contribution in [0.2, 0.25) is 0 Å². The zero-order valence-electron chi connectivity index (χ0n) is 19.0. The molecule has 0 aromatic carbocycles. The smallest absolute Gasteiger partial charge is 0.136 e. The van der Waals surface area contributed by atoms with Gasteiger partial charge in [0, 0.05) is 12.7 Å². The van der Waals surface area contributed by atoms with Crippen LogP contribution in [-0.4, -0.2) is 38.5 Å². The molecule has 1 heterocycles. The summed E-state index contributed by atoms with van der Waals surface area (Å²) in [5, 5.41) is 23.1. The highest BCUT2D eigenvalue weighted by atomic mass is 16.6. The molecule has 3 fully saturated rings. The van der Waals surface area contributed by atoms with Crippen LogP contribution >= 0.6 is 0 Å². The van der Waals surface area contributed by atoms with Crippen molar-refractivity contribution in [3.8, 4) is 0 Å². The van der Waals surface area contributed by atoms with Crippen LogP contribution in [-0.2, 0) is 17.9 Å². The third-order valence-electron chi connectivity index (χ3n) is 9.32. The minimum atomic E-state index is -0.0927. The molecule has 5 rings (SSSR count). The molecule has 6 atom stereocenters. The monoisotopic (exact) mass is 427 g/mol. The van der Waals surface area contributed by atoms with Gasteiger partial charge < -0.3 is 15.7 Å². The third-order valence-corrected chi connectivity index (χ3v) is 9.32. The Labute approximate surface area is 185 Å². The fraction of sp³-hybridized carbons (Fsp3) is 0.792. The van der Waals surface area contributed by atoms with Crippen molar-refractivity contribution in [1.82, 2.24) is 15.0 Å². The summed E-state index contributed by atoms with van der Waals surface area (Å²) in [6.07, 6.45) is 13.3. The van der Waals surface area contributed by atoms with Gasteiger partial charge in [-0.15, -0.1) is 5.10 Å². The van der Waals surface area contributed by atoms with Crippen LogP contribution in [0.1, 0.15) is 70.9 Å². The van der Waals surface area contributed by atoms with E-state index >= 15 is 0 Å². The number of hydrogen-bond donors (Lipinski definition) is 2. The van der Waals surface area contributed by atoms with Gasteiger partial charge in [-0.25, -0.2) is 4.68 Å². The summed E-state index contributed by atoms with van der Waals surface area (Å²) in [5.74, 6) is 2.23. The van der Waals surface area contributed by atoms with Crippen LogP contribution in [0.3, 0.4) is 0 Å². The van der Waals surface area contributed by atoms with Gasteiger partial charge in [0.25, 0.3) is 0 Å². The summed E-state index contributed by atoms with van der Waals surface area (Å²) in [4.78, 5) is 5.62. The van der Waals surface area contributed by atoms with Crippen LogP contribution in [0.25, 0.3) is 0 Å². The molecular formula is C24H37N5O2. The predicted octanol–water partition coefficient (Wildman–Crippen LogP) is 3.43. The van der Waals surface area contributed by atoms with Gasteiger partial charge in [-0.2, -0.15) is 0 Å². The lowest BCUT2D eigenvalue weighted by molar-refractivity contribution is -0.0722. The number of fused-ring (bicyclic) bond motifs is 5. The first-order valence-corrected chi connectivity index (χ1v) is 12.1. The maximum absolute atomic E-state index is 10.6. The standard InChI is InChI=1S/C24H37N5O2/c1-23-9-7-17(27-31-12-11-29-15-18(14-25)26-28-29)13-16(23)3-4-19-20-5-6-22(30)24(20,2)10-8-21(19)23/h13,15,19-22,30H,3-12,14,25H2,1-2H3/t19?,20?,21-,22?,23?,24?/m1/s1. The summed E-state index contributed by atoms with van der Waals surface area (Å²) in [7, 11) is 0. The van der Waals surface area contributed by atoms with E-state index in [1.165, 1.54) is 32.1 Å². The largest absolute Gasteiger partial charge is 0.394 e. The van der Waals surface area contributed by atoms with Crippen molar-refractivity contribution in [2.75, 3.05) is 6.61 Å². The molecular weight excluding hydrogens is 390 g/mol. The van der Waals surface area contributed by atoms with Gasteiger partial charge in [0.15, 0.2) is 0 Å². The Hall–Kier alpha value is -1.73. The first kappa shape index (κ1) is 21.1. The van der Waals surface area contributed by atoms with Crippen molar-refractivity contribution in [1.29, 1.82) is 0 Å². The topological polar surface area (TPSA) is 98.6 Å². The van der Waals surface area contributed by atoms with Crippen LogP contribution in [0.4, 0.5) is 0 Å². The number of hydrogen-bond acceptors (Lipinski definition) is 6. The van der Waals surface area contributed by atoms with Crippen molar-refractivity contribution >= 4 is 5.71 Å². The van der Waals surface area contributed by atoms with Gasteiger partial charge in [0.2, 0.25) is 0 Å². The normalized spacial score (nSPS) is 40.8. The average molecular weight is 428 g/mol. The van der Waals surface area contributed by atoms with Crippen LogP contribution in [0, 0.1) is 28.6 Å².